The zero-order chi connectivity index (χ0) is 21.1. The molecular formula is C19H16Cl2N4O3S. The van der Waals surface area contributed by atoms with Crippen LogP contribution in [0.25, 0.3) is 0 Å². The molecule has 0 saturated heterocycles. The van der Waals surface area contributed by atoms with Crippen molar-refractivity contribution in [2.24, 2.45) is 0 Å². The Balaban J connectivity index is 1.72. The first-order valence-electron chi connectivity index (χ1n) is 8.62. The number of halogens is 2. The van der Waals surface area contributed by atoms with Crippen molar-refractivity contribution in [3.05, 3.63) is 44.7 Å². The molecule has 29 heavy (non-hydrogen) atoms. The van der Waals surface area contributed by atoms with E-state index in [-0.39, 0.29) is 22.0 Å². The van der Waals surface area contributed by atoms with Crippen LogP contribution in [0.15, 0.2) is 17.3 Å². The Kier molecular flexibility index (Phi) is 6.63. The number of pyridine rings is 2. The molecule has 2 aromatic rings. The van der Waals surface area contributed by atoms with E-state index < -0.39 is 18.5 Å². The summed E-state index contributed by atoms with van der Waals surface area (Å²) in [6, 6.07) is 3.58. The molecule has 0 unspecified atom stereocenters. The van der Waals surface area contributed by atoms with Gasteiger partial charge in [-0.25, -0.2) is 14.8 Å². The lowest BCUT2D eigenvalue weighted by Gasteiger charge is -2.11. The van der Waals surface area contributed by atoms with Gasteiger partial charge in [-0.15, -0.1) is 11.8 Å². The van der Waals surface area contributed by atoms with E-state index in [0.29, 0.717) is 21.5 Å². The van der Waals surface area contributed by atoms with Crippen LogP contribution in [-0.4, -0.2) is 34.7 Å². The highest BCUT2D eigenvalue weighted by Crippen LogP contribution is 2.40. The van der Waals surface area contributed by atoms with Gasteiger partial charge < -0.3 is 10.1 Å². The lowest BCUT2D eigenvalue weighted by molar-refractivity contribution is -0.119. The smallest absolute Gasteiger partial charge is 0.340 e. The Hall–Kier alpha value is -2.34. The van der Waals surface area contributed by atoms with Gasteiger partial charge in [-0.3, -0.25) is 4.79 Å². The van der Waals surface area contributed by atoms with Crippen LogP contribution < -0.4 is 5.32 Å². The summed E-state index contributed by atoms with van der Waals surface area (Å²) in [6.45, 7) is 1.13. The molecule has 0 spiro atoms. The molecule has 1 saturated carbocycles. The summed E-state index contributed by atoms with van der Waals surface area (Å²) < 4.78 is 5.12. The van der Waals surface area contributed by atoms with Gasteiger partial charge in [0.25, 0.3) is 5.91 Å². The van der Waals surface area contributed by atoms with Crippen LogP contribution in [0.4, 0.5) is 5.82 Å². The van der Waals surface area contributed by atoms with Gasteiger partial charge in [0.05, 0.1) is 21.2 Å². The van der Waals surface area contributed by atoms with Crippen LogP contribution >= 0.6 is 35.0 Å². The normalized spacial score (nSPS) is 12.9. The molecule has 0 bridgehead atoms. The van der Waals surface area contributed by atoms with Crippen molar-refractivity contribution in [2.45, 2.75) is 30.7 Å². The molecule has 0 atom stereocenters. The molecule has 3 rings (SSSR count). The maximum absolute atomic E-state index is 12.6. The standard InChI is InChI=1S/C19H16Cl2N4O3S/c1-9-13(20)7-23-17(16(9)21)25-15(26)8-28-19(27)11-5-14(10-3-4-10)24-18(29-2)12(11)6-22/h5,7,10H,3-4,8H2,1-2H3,(H,23,25,26). The average Bonchev–Trinajstić information content (AvgIpc) is 3.56. The number of hydrogen-bond acceptors (Lipinski definition) is 7. The van der Waals surface area contributed by atoms with Gasteiger partial charge in [-0.05, 0) is 37.7 Å². The zero-order valence-electron chi connectivity index (χ0n) is 15.6. The minimum absolute atomic E-state index is 0.111. The lowest BCUT2D eigenvalue weighted by atomic mass is 10.1. The number of nitrogens with zero attached hydrogens (tertiary/aromatic N) is 3. The summed E-state index contributed by atoms with van der Waals surface area (Å²) in [6.07, 6.45) is 5.15. The summed E-state index contributed by atoms with van der Waals surface area (Å²) in [4.78, 5) is 33.1. The van der Waals surface area contributed by atoms with Crippen molar-refractivity contribution in [1.29, 1.82) is 5.26 Å². The van der Waals surface area contributed by atoms with Gasteiger partial charge in [-0.2, -0.15) is 5.26 Å². The SMILES string of the molecule is CSc1nc(C2CC2)cc(C(=O)OCC(=O)Nc2ncc(Cl)c(C)c2Cl)c1C#N. The lowest BCUT2D eigenvalue weighted by Crippen LogP contribution is -2.22. The molecule has 1 N–H and O–H groups in total. The van der Waals surface area contributed by atoms with E-state index in [9.17, 15) is 14.9 Å². The highest BCUT2D eigenvalue weighted by atomic mass is 35.5. The second-order valence-electron chi connectivity index (χ2n) is 6.38. The number of aromatic nitrogens is 2. The number of ether oxygens (including phenoxy) is 1. The Morgan fingerprint density at radius 3 is 2.76 bits per heavy atom. The molecule has 150 valence electrons. The third-order valence-corrected chi connectivity index (χ3v) is 5.85. The minimum atomic E-state index is -0.761. The van der Waals surface area contributed by atoms with E-state index in [2.05, 4.69) is 15.3 Å². The summed E-state index contributed by atoms with van der Waals surface area (Å²) in [5.74, 6) is -0.959. The Morgan fingerprint density at radius 1 is 1.41 bits per heavy atom. The Labute approximate surface area is 181 Å². The molecule has 0 aliphatic heterocycles. The van der Waals surface area contributed by atoms with Crippen molar-refractivity contribution >= 4 is 52.7 Å². The number of rotatable bonds is 6. The van der Waals surface area contributed by atoms with Crippen LogP contribution in [-0.2, 0) is 9.53 Å². The fraction of sp³-hybridized carbons (Fsp3) is 0.316. The third-order valence-electron chi connectivity index (χ3n) is 4.32. The highest BCUT2D eigenvalue weighted by molar-refractivity contribution is 7.98. The number of carbonyl (C=O) groups is 2. The van der Waals surface area contributed by atoms with Crippen LogP contribution in [0, 0.1) is 18.3 Å². The molecule has 0 aromatic carbocycles. The van der Waals surface area contributed by atoms with E-state index in [1.807, 2.05) is 6.07 Å². The topological polar surface area (TPSA) is 105 Å². The van der Waals surface area contributed by atoms with E-state index in [1.165, 1.54) is 18.0 Å². The zero-order valence-corrected chi connectivity index (χ0v) is 17.9. The molecule has 1 amide bonds. The minimum Gasteiger partial charge on any atom is -0.452 e. The summed E-state index contributed by atoms with van der Waals surface area (Å²) in [5.41, 5.74) is 1.59. The largest absolute Gasteiger partial charge is 0.452 e. The van der Waals surface area contributed by atoms with Crippen molar-refractivity contribution in [3.8, 4) is 6.07 Å². The van der Waals surface area contributed by atoms with Gasteiger partial charge in [0, 0.05) is 17.8 Å². The predicted molar refractivity (Wildman–Crippen MR) is 111 cm³/mol. The van der Waals surface area contributed by atoms with Crippen molar-refractivity contribution in [3.63, 3.8) is 0 Å². The number of esters is 1. The van der Waals surface area contributed by atoms with Crippen LogP contribution in [0.2, 0.25) is 10.0 Å². The number of nitriles is 1. The molecule has 7 nitrogen and oxygen atoms in total. The van der Waals surface area contributed by atoms with Crippen molar-refractivity contribution in [1.82, 2.24) is 9.97 Å². The predicted octanol–water partition coefficient (Wildman–Crippen LogP) is 4.36. The molecular weight excluding hydrogens is 435 g/mol. The molecule has 10 heteroatoms. The number of thioether (sulfide) groups is 1. The molecule has 1 aliphatic rings. The van der Waals surface area contributed by atoms with Gasteiger partial charge in [0.15, 0.2) is 12.4 Å². The Bertz CT molecular complexity index is 1040. The van der Waals surface area contributed by atoms with Crippen LogP contribution in [0.5, 0.6) is 0 Å². The molecule has 0 radical (unpaired) electrons. The summed E-state index contributed by atoms with van der Waals surface area (Å²) in [5, 5.41) is 13.0. The second kappa shape index (κ2) is 8.99. The number of amides is 1. The van der Waals surface area contributed by atoms with E-state index >= 15 is 0 Å². The summed E-state index contributed by atoms with van der Waals surface area (Å²) in [7, 11) is 0. The van der Waals surface area contributed by atoms with E-state index in [4.69, 9.17) is 27.9 Å². The first-order chi connectivity index (χ1) is 13.8. The monoisotopic (exact) mass is 450 g/mol. The first-order valence-corrected chi connectivity index (χ1v) is 10.6. The number of carbonyl (C=O) groups excluding carboxylic acids is 2. The van der Waals surface area contributed by atoms with Gasteiger partial charge in [0.2, 0.25) is 0 Å². The molecule has 2 heterocycles. The first kappa shape index (κ1) is 21.4. The maximum Gasteiger partial charge on any atom is 0.340 e. The van der Waals surface area contributed by atoms with E-state index in [0.717, 1.165) is 18.5 Å². The van der Waals surface area contributed by atoms with Crippen LogP contribution in [0.3, 0.4) is 0 Å². The van der Waals surface area contributed by atoms with Crippen molar-refractivity contribution < 1.29 is 14.3 Å². The van der Waals surface area contributed by atoms with E-state index in [1.54, 1.807) is 19.2 Å². The Morgan fingerprint density at radius 2 is 2.14 bits per heavy atom. The highest BCUT2D eigenvalue weighted by Gasteiger charge is 2.29. The maximum atomic E-state index is 12.6. The number of nitrogens with one attached hydrogen (secondary N) is 1. The van der Waals surface area contributed by atoms with Gasteiger partial charge in [0.1, 0.15) is 11.1 Å². The fourth-order valence-corrected chi connectivity index (χ4v) is 3.51. The number of anilines is 1. The van der Waals surface area contributed by atoms with Gasteiger partial charge >= 0.3 is 5.97 Å². The number of hydrogen-bond donors (Lipinski definition) is 1. The molecule has 1 fully saturated rings. The average molecular weight is 451 g/mol. The van der Waals surface area contributed by atoms with Gasteiger partial charge in [-0.1, -0.05) is 23.2 Å². The molecule has 1 aliphatic carbocycles. The quantitative estimate of drug-likeness (QED) is 0.514. The second-order valence-corrected chi connectivity index (χ2v) is 7.96. The van der Waals surface area contributed by atoms with Crippen molar-refractivity contribution in [2.75, 3.05) is 18.2 Å². The molecule has 2 aromatic heterocycles. The summed E-state index contributed by atoms with van der Waals surface area (Å²) >= 11 is 13.3. The third kappa shape index (κ3) is 4.81. The van der Waals surface area contributed by atoms with Crippen LogP contribution in [0.1, 0.15) is 45.9 Å². The fourth-order valence-electron chi connectivity index (χ4n) is 2.57.